The van der Waals surface area contributed by atoms with Gasteiger partial charge >= 0.3 is 5.69 Å². The van der Waals surface area contributed by atoms with Gasteiger partial charge in [0.1, 0.15) is 0 Å². The van der Waals surface area contributed by atoms with Crippen LogP contribution in [0, 0.1) is 0 Å². The maximum atomic E-state index is 12.0. The van der Waals surface area contributed by atoms with E-state index >= 15 is 0 Å². The predicted molar refractivity (Wildman–Crippen MR) is 70.2 cm³/mol. The van der Waals surface area contributed by atoms with Gasteiger partial charge in [-0.1, -0.05) is 0 Å². The Bertz CT molecular complexity index is 538. The molecule has 0 spiro atoms. The van der Waals surface area contributed by atoms with Crippen molar-refractivity contribution in [2.75, 3.05) is 0 Å². The van der Waals surface area contributed by atoms with Crippen LogP contribution in [0.1, 0.15) is 24.8 Å². The summed E-state index contributed by atoms with van der Waals surface area (Å²) in [6.45, 7) is 4.65. The van der Waals surface area contributed by atoms with Gasteiger partial charge in [-0.2, -0.15) is 0 Å². The highest BCUT2D eigenvalue weighted by Gasteiger charge is 2.08. The van der Waals surface area contributed by atoms with Crippen LogP contribution in [-0.2, 0) is 6.54 Å². The summed E-state index contributed by atoms with van der Waals surface area (Å²) in [6, 6.07) is 2.21. The molecule has 2 heterocycles. The minimum atomic E-state index is 0.0512. The summed E-state index contributed by atoms with van der Waals surface area (Å²) in [5.74, 6) is 0. The molecule has 0 aromatic carbocycles. The number of hydrogen-bond acceptors (Lipinski definition) is 2. The minimum absolute atomic E-state index is 0.0512. The maximum absolute atomic E-state index is 12.0. The van der Waals surface area contributed by atoms with Gasteiger partial charge in [-0.3, -0.25) is 9.13 Å². The van der Waals surface area contributed by atoms with Crippen LogP contribution in [0.5, 0.6) is 0 Å². The zero-order valence-electron chi connectivity index (χ0n) is 9.18. The molecule has 0 bridgehead atoms. The average molecular weight is 301 g/mol. The number of rotatable bonds is 3. The molecule has 0 unspecified atom stereocenters. The normalized spacial score (nSPS) is 11.2. The first-order chi connectivity index (χ1) is 7.59. The molecule has 3 nitrogen and oxygen atoms in total. The Kier molecular flexibility index (Phi) is 3.35. The number of thiophene rings is 1. The summed E-state index contributed by atoms with van der Waals surface area (Å²) in [5.41, 5.74) is 0.0512. The molecule has 0 radical (unpaired) electrons. The van der Waals surface area contributed by atoms with Gasteiger partial charge in [-0.25, -0.2) is 4.79 Å². The van der Waals surface area contributed by atoms with Crippen molar-refractivity contribution in [2.45, 2.75) is 26.4 Å². The van der Waals surface area contributed by atoms with E-state index in [2.05, 4.69) is 15.9 Å². The van der Waals surface area contributed by atoms with Gasteiger partial charge in [0.15, 0.2) is 0 Å². The predicted octanol–water partition coefficient (Wildman–Crippen LogP) is 3.10. The van der Waals surface area contributed by atoms with Gasteiger partial charge in [0.05, 0.1) is 6.54 Å². The van der Waals surface area contributed by atoms with Crippen molar-refractivity contribution in [3.63, 3.8) is 0 Å². The van der Waals surface area contributed by atoms with E-state index < -0.39 is 0 Å². The molecule has 2 aromatic rings. The molecule has 0 N–H and O–H groups in total. The van der Waals surface area contributed by atoms with Crippen molar-refractivity contribution in [1.29, 1.82) is 0 Å². The third-order valence-corrected chi connectivity index (χ3v) is 4.35. The highest BCUT2D eigenvalue weighted by atomic mass is 79.9. The molecule has 86 valence electrons. The van der Waals surface area contributed by atoms with E-state index in [9.17, 15) is 4.79 Å². The Morgan fingerprint density at radius 3 is 2.69 bits per heavy atom. The second-order valence-corrected chi connectivity index (χ2v) is 5.76. The van der Waals surface area contributed by atoms with Crippen LogP contribution in [0.25, 0.3) is 0 Å². The summed E-state index contributed by atoms with van der Waals surface area (Å²) >= 11 is 5.13. The fourth-order valence-electron chi connectivity index (χ4n) is 1.53. The summed E-state index contributed by atoms with van der Waals surface area (Å²) < 4.78 is 4.54. The molecule has 0 aliphatic heterocycles. The Morgan fingerprint density at radius 1 is 1.44 bits per heavy atom. The number of nitrogens with zero attached hydrogens (tertiary/aromatic N) is 2. The smallest absolute Gasteiger partial charge is 0.297 e. The molecule has 0 atom stereocenters. The lowest BCUT2D eigenvalue weighted by Gasteiger charge is -2.04. The number of halogens is 1. The van der Waals surface area contributed by atoms with Crippen molar-refractivity contribution >= 4 is 27.3 Å². The molecule has 0 fully saturated rings. The molecule has 0 aliphatic carbocycles. The third kappa shape index (κ3) is 2.15. The van der Waals surface area contributed by atoms with Crippen molar-refractivity contribution in [2.24, 2.45) is 0 Å². The van der Waals surface area contributed by atoms with Gasteiger partial charge in [0.2, 0.25) is 0 Å². The molecule has 0 saturated carbocycles. The Morgan fingerprint density at radius 2 is 2.19 bits per heavy atom. The first kappa shape index (κ1) is 11.7. The first-order valence-corrected chi connectivity index (χ1v) is 6.76. The zero-order valence-corrected chi connectivity index (χ0v) is 11.6. The van der Waals surface area contributed by atoms with Gasteiger partial charge in [-0.05, 0) is 41.2 Å². The van der Waals surface area contributed by atoms with E-state index in [0.29, 0.717) is 6.54 Å². The van der Waals surface area contributed by atoms with Crippen LogP contribution >= 0.6 is 27.3 Å². The Balaban J connectivity index is 2.30. The molecular weight excluding hydrogens is 288 g/mol. The lowest BCUT2D eigenvalue weighted by molar-refractivity contribution is 0.561. The van der Waals surface area contributed by atoms with Gasteiger partial charge in [0, 0.05) is 27.8 Å². The minimum Gasteiger partial charge on any atom is -0.297 e. The number of hydrogen-bond donors (Lipinski definition) is 0. The number of imidazole rings is 1. The molecule has 2 rings (SSSR count). The lowest BCUT2D eigenvalue weighted by Crippen LogP contribution is -2.25. The molecule has 0 aliphatic rings. The number of aromatic nitrogens is 2. The fourth-order valence-corrected chi connectivity index (χ4v) is 3.01. The quantitative estimate of drug-likeness (QED) is 0.856. The fraction of sp³-hybridized carbons (Fsp3) is 0.364. The largest absolute Gasteiger partial charge is 0.328 e. The van der Waals surface area contributed by atoms with Crippen LogP contribution in [0.4, 0.5) is 0 Å². The van der Waals surface area contributed by atoms with E-state index in [1.165, 1.54) is 4.88 Å². The summed E-state index contributed by atoms with van der Waals surface area (Å²) in [5, 5.41) is 2.02. The molecule has 2 aromatic heterocycles. The highest BCUT2D eigenvalue weighted by Crippen LogP contribution is 2.23. The van der Waals surface area contributed by atoms with Gasteiger partial charge in [0.25, 0.3) is 0 Å². The molecule has 0 saturated heterocycles. The summed E-state index contributed by atoms with van der Waals surface area (Å²) in [7, 11) is 0. The molecule has 5 heteroatoms. The van der Waals surface area contributed by atoms with Crippen LogP contribution in [0.2, 0.25) is 0 Å². The second kappa shape index (κ2) is 4.59. The van der Waals surface area contributed by atoms with Crippen LogP contribution < -0.4 is 5.69 Å². The maximum Gasteiger partial charge on any atom is 0.328 e. The van der Waals surface area contributed by atoms with Gasteiger partial charge < -0.3 is 0 Å². The summed E-state index contributed by atoms with van der Waals surface area (Å²) in [6.07, 6.45) is 3.68. The van der Waals surface area contributed by atoms with E-state index in [1.807, 2.05) is 37.7 Å². The van der Waals surface area contributed by atoms with Crippen LogP contribution in [0.3, 0.4) is 0 Å². The van der Waals surface area contributed by atoms with E-state index in [1.54, 1.807) is 20.5 Å². The SMILES string of the molecule is CC(C)n1ccn(Cc2sccc2Br)c1=O. The summed E-state index contributed by atoms with van der Waals surface area (Å²) in [4.78, 5) is 13.1. The average Bonchev–Trinajstić information content (AvgIpc) is 2.76. The van der Waals surface area contributed by atoms with E-state index in [0.717, 1.165) is 4.47 Å². The standard InChI is InChI=1S/C11H13BrN2OS/c1-8(2)14-5-4-13(11(14)15)7-10-9(12)3-6-16-10/h3-6,8H,7H2,1-2H3. The topological polar surface area (TPSA) is 26.9 Å². The third-order valence-electron chi connectivity index (χ3n) is 2.44. The monoisotopic (exact) mass is 300 g/mol. The van der Waals surface area contributed by atoms with Crippen molar-refractivity contribution in [3.8, 4) is 0 Å². The van der Waals surface area contributed by atoms with Crippen molar-refractivity contribution < 1.29 is 0 Å². The van der Waals surface area contributed by atoms with Crippen LogP contribution in [0.15, 0.2) is 33.1 Å². The molecule has 0 amide bonds. The Labute approximate surface area is 106 Å². The molecular formula is C11H13BrN2OS. The first-order valence-electron chi connectivity index (χ1n) is 5.08. The Hall–Kier alpha value is -0.810. The molecule has 16 heavy (non-hydrogen) atoms. The zero-order chi connectivity index (χ0) is 11.7. The lowest BCUT2D eigenvalue weighted by atomic mass is 10.4. The van der Waals surface area contributed by atoms with Crippen molar-refractivity contribution in [3.05, 3.63) is 43.7 Å². The van der Waals surface area contributed by atoms with Crippen molar-refractivity contribution in [1.82, 2.24) is 9.13 Å². The second-order valence-electron chi connectivity index (χ2n) is 3.90. The highest BCUT2D eigenvalue weighted by molar-refractivity contribution is 9.10. The van der Waals surface area contributed by atoms with Gasteiger partial charge in [-0.15, -0.1) is 11.3 Å². The van der Waals surface area contributed by atoms with E-state index in [4.69, 9.17) is 0 Å². The van der Waals surface area contributed by atoms with E-state index in [-0.39, 0.29) is 11.7 Å². The van der Waals surface area contributed by atoms with Crippen LogP contribution in [-0.4, -0.2) is 9.13 Å².